The number of carbonyl (C=O) groups is 3. The van der Waals surface area contributed by atoms with Gasteiger partial charge >= 0.3 is 5.97 Å². The summed E-state index contributed by atoms with van der Waals surface area (Å²) in [6.07, 6.45) is 9.80. The average molecular weight is 471 g/mol. The zero-order valence-electron chi connectivity index (χ0n) is 21.6. The average Bonchev–Trinajstić information content (AvgIpc) is 3.18. The first-order valence-corrected chi connectivity index (χ1v) is 13.5. The van der Waals surface area contributed by atoms with Gasteiger partial charge < -0.3 is 9.84 Å². The lowest BCUT2D eigenvalue weighted by Gasteiger charge is -2.64. The third-order valence-corrected chi connectivity index (χ3v) is 12.1. The van der Waals surface area contributed by atoms with Crippen molar-refractivity contribution in [2.75, 3.05) is 6.61 Å². The molecule has 5 heteroatoms. The Morgan fingerprint density at radius 1 is 1.15 bits per heavy atom. The SMILES string of the molecule is C/C(=C\CCC(C)C1CCC2(C)[C@@H]3CC[C@@]45OCC3(C(=O)C[C@]12C)C4CCC(=O)[C@@H]5C)C(=O)O. The molecule has 0 aromatic carbocycles. The van der Waals surface area contributed by atoms with E-state index in [-0.39, 0.29) is 22.7 Å². The van der Waals surface area contributed by atoms with Crippen LogP contribution in [0.4, 0.5) is 0 Å². The molecule has 0 aromatic heterocycles. The predicted molar refractivity (Wildman–Crippen MR) is 129 cm³/mol. The monoisotopic (exact) mass is 470 g/mol. The van der Waals surface area contributed by atoms with E-state index >= 15 is 0 Å². The minimum absolute atomic E-state index is 0.0380. The third-order valence-electron chi connectivity index (χ3n) is 12.1. The van der Waals surface area contributed by atoms with Gasteiger partial charge in [-0.3, -0.25) is 9.59 Å². The van der Waals surface area contributed by atoms with Gasteiger partial charge in [0.2, 0.25) is 0 Å². The number of hydrogen-bond acceptors (Lipinski definition) is 4. The Morgan fingerprint density at radius 2 is 1.88 bits per heavy atom. The van der Waals surface area contributed by atoms with E-state index in [9.17, 15) is 14.4 Å². The van der Waals surface area contributed by atoms with Crippen LogP contribution in [0.3, 0.4) is 0 Å². The molecule has 0 aromatic rings. The first kappa shape index (κ1) is 24.2. The number of carbonyl (C=O) groups excluding carboxylic acids is 2. The molecule has 1 saturated heterocycles. The van der Waals surface area contributed by atoms with Crippen LogP contribution in [0.15, 0.2) is 11.6 Å². The summed E-state index contributed by atoms with van der Waals surface area (Å²) in [7, 11) is 0. The summed E-state index contributed by atoms with van der Waals surface area (Å²) in [5.74, 6) is 1.22. The molecule has 2 bridgehead atoms. The van der Waals surface area contributed by atoms with Gasteiger partial charge in [-0.15, -0.1) is 0 Å². The van der Waals surface area contributed by atoms with Crippen LogP contribution < -0.4 is 0 Å². The Morgan fingerprint density at radius 3 is 2.59 bits per heavy atom. The smallest absolute Gasteiger partial charge is 0.330 e. The van der Waals surface area contributed by atoms with Gasteiger partial charge in [0.25, 0.3) is 0 Å². The molecule has 1 heterocycles. The van der Waals surface area contributed by atoms with Crippen molar-refractivity contribution in [1.82, 2.24) is 0 Å². The summed E-state index contributed by atoms with van der Waals surface area (Å²) in [4.78, 5) is 38.0. The van der Waals surface area contributed by atoms with Gasteiger partial charge in [-0.25, -0.2) is 4.79 Å². The van der Waals surface area contributed by atoms with Crippen LogP contribution in [0.2, 0.25) is 0 Å². The van der Waals surface area contributed by atoms with Gasteiger partial charge in [-0.2, -0.15) is 0 Å². The summed E-state index contributed by atoms with van der Waals surface area (Å²) in [5.41, 5.74) is -0.343. The van der Waals surface area contributed by atoms with Gasteiger partial charge in [0, 0.05) is 30.3 Å². The molecule has 1 N–H and O–H groups in total. The quantitative estimate of drug-likeness (QED) is 0.528. The molecule has 9 atom stereocenters. The summed E-state index contributed by atoms with van der Waals surface area (Å²) >= 11 is 0. The fourth-order valence-electron chi connectivity index (χ4n) is 10.0. The van der Waals surface area contributed by atoms with E-state index in [1.807, 2.05) is 13.0 Å². The fourth-order valence-corrected chi connectivity index (χ4v) is 10.0. The number of ether oxygens (including phenoxy) is 1. The van der Waals surface area contributed by atoms with E-state index in [0.29, 0.717) is 54.3 Å². The highest BCUT2D eigenvalue weighted by Gasteiger charge is 2.77. The highest BCUT2D eigenvalue weighted by Crippen LogP contribution is 2.76. The van der Waals surface area contributed by atoms with E-state index in [1.165, 1.54) is 0 Å². The number of Topliss-reactive ketones (excluding diaryl/α,β-unsaturated/α-hetero) is 2. The number of carboxylic acid groups (broad SMARTS) is 1. The normalized spacial score (nSPS) is 48.8. The Balaban J connectivity index is 1.43. The van der Waals surface area contributed by atoms with Crippen molar-refractivity contribution in [3.63, 3.8) is 0 Å². The first-order valence-electron chi connectivity index (χ1n) is 13.5. The van der Waals surface area contributed by atoms with Crippen molar-refractivity contribution in [1.29, 1.82) is 0 Å². The zero-order valence-corrected chi connectivity index (χ0v) is 21.6. The van der Waals surface area contributed by atoms with Gasteiger partial charge in [-0.1, -0.05) is 33.8 Å². The number of allylic oxidation sites excluding steroid dienone is 1. The van der Waals surface area contributed by atoms with Crippen molar-refractivity contribution < 1.29 is 24.2 Å². The molecule has 4 aliphatic carbocycles. The lowest BCUT2D eigenvalue weighted by molar-refractivity contribution is -0.184. The molecule has 188 valence electrons. The van der Waals surface area contributed by atoms with Crippen molar-refractivity contribution in [2.24, 2.45) is 45.8 Å². The summed E-state index contributed by atoms with van der Waals surface area (Å²) in [6.45, 7) is 11.4. The maximum atomic E-state index is 14.2. The molecule has 5 unspecified atom stereocenters. The largest absolute Gasteiger partial charge is 0.478 e. The first-order chi connectivity index (χ1) is 15.9. The molecule has 4 saturated carbocycles. The van der Waals surface area contributed by atoms with Crippen molar-refractivity contribution >= 4 is 17.5 Å². The summed E-state index contributed by atoms with van der Waals surface area (Å²) in [6, 6.07) is 0. The minimum Gasteiger partial charge on any atom is -0.478 e. The van der Waals surface area contributed by atoms with Crippen molar-refractivity contribution in [3.05, 3.63) is 11.6 Å². The fraction of sp³-hybridized carbons (Fsp3) is 0.828. The minimum atomic E-state index is -0.845. The van der Waals surface area contributed by atoms with Crippen LogP contribution in [0.5, 0.6) is 0 Å². The molecular formula is C29H42O5. The van der Waals surface area contributed by atoms with Crippen molar-refractivity contribution in [3.8, 4) is 0 Å². The van der Waals surface area contributed by atoms with E-state index < -0.39 is 17.0 Å². The third kappa shape index (κ3) is 2.85. The Labute approximate surface area is 204 Å². The maximum absolute atomic E-state index is 14.2. The van der Waals surface area contributed by atoms with Crippen LogP contribution in [0.1, 0.15) is 92.4 Å². The standard InChI is InChI=1S/C29H42O5/c1-17(7-6-8-18(2)25(32)33)20-11-13-26(4)22-12-14-29-19(3)21(30)9-10-23(29)28(22,16-34-29)24(31)15-27(20,26)5/h8,17,19-20,22-23H,6-7,9-16H2,1-5H3,(H,32,33)/b18-8+/t17?,19-,20?,22-,23?,26?,27+,28?,29-/m0/s1. The lowest BCUT2D eigenvalue weighted by atomic mass is 9.37. The van der Waals surface area contributed by atoms with Crippen LogP contribution in [0, 0.1) is 45.8 Å². The number of aliphatic carboxylic acids is 1. The second-order valence-corrected chi connectivity index (χ2v) is 13.0. The molecule has 5 aliphatic rings. The molecule has 34 heavy (non-hydrogen) atoms. The molecule has 5 nitrogen and oxygen atoms in total. The Hall–Kier alpha value is -1.49. The summed E-state index contributed by atoms with van der Waals surface area (Å²) in [5, 5.41) is 9.16. The van der Waals surface area contributed by atoms with Gasteiger partial charge in [-0.05, 0) is 80.5 Å². The molecular weight excluding hydrogens is 428 g/mol. The van der Waals surface area contributed by atoms with Crippen LogP contribution in [0.25, 0.3) is 0 Å². The van der Waals surface area contributed by atoms with E-state index in [2.05, 4.69) is 20.8 Å². The Bertz CT molecular complexity index is 952. The van der Waals surface area contributed by atoms with Gasteiger partial charge in [0.05, 0.1) is 17.6 Å². The number of fused-ring (bicyclic) bond motifs is 2. The van der Waals surface area contributed by atoms with Gasteiger partial charge in [0.15, 0.2) is 0 Å². The predicted octanol–water partition coefficient (Wildman–Crippen LogP) is 5.61. The highest BCUT2D eigenvalue weighted by atomic mass is 16.5. The van der Waals surface area contributed by atoms with Gasteiger partial charge in [0.1, 0.15) is 11.6 Å². The number of carboxylic acids is 1. The lowest BCUT2D eigenvalue weighted by Crippen LogP contribution is -2.66. The van der Waals surface area contributed by atoms with E-state index in [4.69, 9.17) is 9.84 Å². The topological polar surface area (TPSA) is 80.7 Å². The van der Waals surface area contributed by atoms with Crippen LogP contribution in [-0.4, -0.2) is 34.9 Å². The molecule has 5 fully saturated rings. The Kier molecular flexibility index (Phi) is 5.52. The second kappa shape index (κ2) is 7.75. The zero-order chi connectivity index (χ0) is 24.7. The second-order valence-electron chi connectivity index (χ2n) is 13.0. The molecule has 0 radical (unpaired) electrons. The number of hydrogen-bond donors (Lipinski definition) is 1. The summed E-state index contributed by atoms with van der Waals surface area (Å²) < 4.78 is 6.58. The number of rotatable bonds is 5. The van der Waals surface area contributed by atoms with E-state index in [0.717, 1.165) is 44.9 Å². The van der Waals surface area contributed by atoms with E-state index in [1.54, 1.807) is 6.92 Å². The molecule has 1 spiro atoms. The molecule has 0 amide bonds. The van der Waals surface area contributed by atoms with Crippen LogP contribution >= 0.6 is 0 Å². The highest BCUT2D eigenvalue weighted by molar-refractivity contribution is 5.90. The maximum Gasteiger partial charge on any atom is 0.330 e. The number of ketones is 2. The van der Waals surface area contributed by atoms with Crippen LogP contribution in [-0.2, 0) is 19.1 Å². The molecule has 1 aliphatic heterocycles. The molecule has 5 rings (SSSR count). The van der Waals surface area contributed by atoms with Crippen molar-refractivity contribution in [2.45, 2.75) is 98.0 Å².